The average Bonchev–Trinajstić information content (AvgIpc) is 2.39. The fraction of sp³-hybridized carbons (Fsp3) is 0.600. The SMILES string of the molecule is Clc1cccc(CN2CCN3CCCC[C@H]3C2)c1. The van der Waals surface area contributed by atoms with E-state index < -0.39 is 0 Å². The molecule has 0 amide bonds. The first kappa shape index (κ1) is 12.5. The molecule has 1 atom stereocenters. The summed E-state index contributed by atoms with van der Waals surface area (Å²) >= 11 is 6.05. The predicted molar refractivity (Wildman–Crippen MR) is 75.9 cm³/mol. The van der Waals surface area contributed by atoms with Crippen molar-refractivity contribution in [1.82, 2.24) is 9.80 Å². The quantitative estimate of drug-likeness (QED) is 0.810. The zero-order valence-electron chi connectivity index (χ0n) is 10.8. The summed E-state index contributed by atoms with van der Waals surface area (Å²) in [6.45, 7) is 6.03. The Bertz CT molecular complexity index is 407. The van der Waals surface area contributed by atoms with Gasteiger partial charge in [0.15, 0.2) is 0 Å². The number of benzene rings is 1. The zero-order valence-corrected chi connectivity index (χ0v) is 11.6. The molecule has 0 saturated carbocycles. The van der Waals surface area contributed by atoms with Gasteiger partial charge >= 0.3 is 0 Å². The van der Waals surface area contributed by atoms with Gasteiger partial charge in [-0.1, -0.05) is 30.2 Å². The molecule has 0 N–H and O–H groups in total. The molecule has 2 saturated heterocycles. The normalized spacial score (nSPS) is 25.9. The maximum atomic E-state index is 6.05. The molecule has 1 aromatic rings. The Balaban J connectivity index is 1.61. The van der Waals surface area contributed by atoms with Gasteiger partial charge in [-0.25, -0.2) is 0 Å². The maximum Gasteiger partial charge on any atom is 0.0409 e. The molecule has 2 fully saturated rings. The third-order valence-electron chi connectivity index (χ3n) is 4.22. The van der Waals surface area contributed by atoms with Gasteiger partial charge in [-0.2, -0.15) is 0 Å². The summed E-state index contributed by atoms with van der Waals surface area (Å²) in [4.78, 5) is 5.26. The highest BCUT2D eigenvalue weighted by Gasteiger charge is 2.28. The summed E-state index contributed by atoms with van der Waals surface area (Å²) in [6.07, 6.45) is 4.18. The number of hydrogen-bond acceptors (Lipinski definition) is 2. The van der Waals surface area contributed by atoms with Gasteiger partial charge in [0.2, 0.25) is 0 Å². The molecule has 0 unspecified atom stereocenters. The van der Waals surface area contributed by atoms with Crippen molar-refractivity contribution in [3.05, 3.63) is 34.9 Å². The molecular weight excluding hydrogens is 244 g/mol. The van der Waals surface area contributed by atoms with Crippen molar-refractivity contribution in [2.75, 3.05) is 26.2 Å². The summed E-state index contributed by atoms with van der Waals surface area (Å²) in [5.74, 6) is 0. The van der Waals surface area contributed by atoms with Gasteiger partial charge in [0.1, 0.15) is 0 Å². The Morgan fingerprint density at radius 2 is 2.11 bits per heavy atom. The highest BCUT2D eigenvalue weighted by molar-refractivity contribution is 6.30. The first-order valence-corrected chi connectivity index (χ1v) is 7.40. The van der Waals surface area contributed by atoms with Crippen molar-refractivity contribution in [1.29, 1.82) is 0 Å². The van der Waals surface area contributed by atoms with Crippen molar-refractivity contribution in [2.45, 2.75) is 31.8 Å². The molecule has 2 aliphatic heterocycles. The first-order chi connectivity index (χ1) is 8.81. The van der Waals surface area contributed by atoms with Gasteiger partial charge in [-0.05, 0) is 37.1 Å². The number of rotatable bonds is 2. The van der Waals surface area contributed by atoms with E-state index in [1.807, 2.05) is 6.07 Å². The second-order valence-corrected chi connectivity index (χ2v) is 5.99. The fourth-order valence-corrected chi connectivity index (χ4v) is 3.47. The van der Waals surface area contributed by atoms with E-state index in [-0.39, 0.29) is 0 Å². The van der Waals surface area contributed by atoms with Crippen molar-refractivity contribution in [3.8, 4) is 0 Å². The van der Waals surface area contributed by atoms with E-state index in [0.717, 1.165) is 17.6 Å². The van der Waals surface area contributed by atoms with Gasteiger partial charge in [0, 0.05) is 37.2 Å². The molecule has 18 heavy (non-hydrogen) atoms. The van der Waals surface area contributed by atoms with Crippen LogP contribution in [0.25, 0.3) is 0 Å². The molecule has 1 aromatic carbocycles. The van der Waals surface area contributed by atoms with Crippen LogP contribution in [-0.4, -0.2) is 42.0 Å². The third kappa shape index (κ3) is 2.87. The van der Waals surface area contributed by atoms with Crippen LogP contribution in [-0.2, 0) is 6.54 Å². The second-order valence-electron chi connectivity index (χ2n) is 5.55. The maximum absolute atomic E-state index is 6.05. The van der Waals surface area contributed by atoms with Crippen molar-refractivity contribution < 1.29 is 0 Å². The standard InChI is InChI=1S/C15H21ClN2/c16-14-5-3-4-13(10-14)11-17-8-9-18-7-2-1-6-15(18)12-17/h3-5,10,15H,1-2,6-9,11-12H2/t15-/m0/s1. The van der Waals surface area contributed by atoms with Crippen LogP contribution in [0.3, 0.4) is 0 Å². The molecule has 0 radical (unpaired) electrons. The number of hydrogen-bond donors (Lipinski definition) is 0. The van der Waals surface area contributed by atoms with Crippen molar-refractivity contribution in [2.24, 2.45) is 0 Å². The highest BCUT2D eigenvalue weighted by Crippen LogP contribution is 2.22. The summed E-state index contributed by atoms with van der Waals surface area (Å²) < 4.78 is 0. The monoisotopic (exact) mass is 264 g/mol. The molecule has 2 nitrogen and oxygen atoms in total. The Hall–Kier alpha value is -0.570. The van der Waals surface area contributed by atoms with Crippen molar-refractivity contribution in [3.63, 3.8) is 0 Å². The van der Waals surface area contributed by atoms with Crippen LogP contribution in [0.5, 0.6) is 0 Å². The molecule has 3 heteroatoms. The van der Waals surface area contributed by atoms with E-state index >= 15 is 0 Å². The minimum Gasteiger partial charge on any atom is -0.298 e. The lowest BCUT2D eigenvalue weighted by Crippen LogP contribution is -2.54. The van der Waals surface area contributed by atoms with Crippen LogP contribution in [0.15, 0.2) is 24.3 Å². The van der Waals surface area contributed by atoms with Gasteiger partial charge in [0.05, 0.1) is 0 Å². The number of fused-ring (bicyclic) bond motifs is 1. The van der Waals surface area contributed by atoms with E-state index in [9.17, 15) is 0 Å². The highest BCUT2D eigenvalue weighted by atomic mass is 35.5. The van der Waals surface area contributed by atoms with Gasteiger partial charge in [0.25, 0.3) is 0 Å². The summed E-state index contributed by atoms with van der Waals surface area (Å²) in [5, 5.41) is 0.851. The van der Waals surface area contributed by atoms with Crippen LogP contribution >= 0.6 is 11.6 Å². The average molecular weight is 265 g/mol. The number of piperazine rings is 1. The molecule has 2 heterocycles. The Kier molecular flexibility index (Phi) is 3.88. The smallest absolute Gasteiger partial charge is 0.0409 e. The lowest BCUT2D eigenvalue weighted by Gasteiger charge is -2.44. The number of halogens is 1. The van der Waals surface area contributed by atoms with Crippen LogP contribution in [0.4, 0.5) is 0 Å². The van der Waals surface area contributed by atoms with Gasteiger partial charge in [-0.3, -0.25) is 9.80 Å². The van der Waals surface area contributed by atoms with Crippen LogP contribution in [0.2, 0.25) is 5.02 Å². The van der Waals surface area contributed by atoms with Crippen molar-refractivity contribution >= 4 is 11.6 Å². The number of nitrogens with zero attached hydrogens (tertiary/aromatic N) is 2. The Morgan fingerprint density at radius 3 is 3.00 bits per heavy atom. The second kappa shape index (κ2) is 5.60. The Labute approximate surface area is 115 Å². The molecule has 0 bridgehead atoms. The zero-order chi connectivity index (χ0) is 12.4. The largest absolute Gasteiger partial charge is 0.298 e. The van der Waals surface area contributed by atoms with E-state index in [0.29, 0.717) is 0 Å². The molecule has 3 rings (SSSR count). The molecule has 0 aliphatic carbocycles. The summed E-state index contributed by atoms with van der Waals surface area (Å²) in [6, 6.07) is 9.07. The molecule has 0 aromatic heterocycles. The third-order valence-corrected chi connectivity index (χ3v) is 4.45. The van der Waals surface area contributed by atoms with Crippen LogP contribution in [0.1, 0.15) is 24.8 Å². The van der Waals surface area contributed by atoms with Crippen LogP contribution < -0.4 is 0 Å². The van der Waals surface area contributed by atoms with Crippen LogP contribution in [0, 0.1) is 0 Å². The molecule has 0 spiro atoms. The van der Waals surface area contributed by atoms with E-state index in [1.165, 1.54) is 51.0 Å². The predicted octanol–water partition coefficient (Wildman–Crippen LogP) is 3.01. The molecule has 98 valence electrons. The van der Waals surface area contributed by atoms with E-state index in [2.05, 4.69) is 28.0 Å². The molecular formula is C15H21ClN2. The fourth-order valence-electron chi connectivity index (χ4n) is 3.26. The topological polar surface area (TPSA) is 6.48 Å². The summed E-state index contributed by atoms with van der Waals surface area (Å²) in [5.41, 5.74) is 1.34. The van der Waals surface area contributed by atoms with Gasteiger partial charge < -0.3 is 0 Å². The Morgan fingerprint density at radius 1 is 1.17 bits per heavy atom. The lowest BCUT2D eigenvalue weighted by molar-refractivity contribution is 0.0457. The lowest BCUT2D eigenvalue weighted by atomic mass is 9.99. The van der Waals surface area contributed by atoms with Gasteiger partial charge in [-0.15, -0.1) is 0 Å². The summed E-state index contributed by atoms with van der Waals surface area (Å²) in [7, 11) is 0. The van der Waals surface area contributed by atoms with E-state index in [4.69, 9.17) is 11.6 Å². The first-order valence-electron chi connectivity index (χ1n) is 7.02. The van der Waals surface area contributed by atoms with E-state index in [1.54, 1.807) is 0 Å². The number of piperidine rings is 1. The minimum absolute atomic E-state index is 0.798. The molecule has 2 aliphatic rings. The minimum atomic E-state index is 0.798.